The summed E-state index contributed by atoms with van der Waals surface area (Å²) in [5.41, 5.74) is 1.84. The Morgan fingerprint density at radius 1 is 1.25 bits per heavy atom. The monoisotopic (exact) mass is 273 g/mol. The number of nitrogens with zero attached hydrogens (tertiary/aromatic N) is 3. The molecule has 0 N–H and O–H groups in total. The summed E-state index contributed by atoms with van der Waals surface area (Å²) >= 11 is 0. The van der Waals surface area contributed by atoms with Crippen molar-refractivity contribution in [1.29, 1.82) is 5.26 Å². The number of benzene rings is 1. The molecule has 106 valence electrons. The second-order valence-corrected chi connectivity index (χ2v) is 4.81. The normalized spacial score (nSPS) is 15.7. The zero-order chi connectivity index (χ0) is 14.4. The lowest BCUT2D eigenvalue weighted by Gasteiger charge is -2.36. The lowest BCUT2D eigenvalue weighted by atomic mass is 10.2. The molecule has 1 aliphatic rings. The molecule has 5 nitrogen and oxygen atoms in total. The number of hydrogen-bond donors (Lipinski definition) is 0. The maximum absolute atomic E-state index is 11.1. The van der Waals surface area contributed by atoms with Crippen LogP contribution in [0, 0.1) is 11.3 Å². The second-order valence-electron chi connectivity index (χ2n) is 4.81. The van der Waals surface area contributed by atoms with Crippen molar-refractivity contribution < 1.29 is 9.53 Å². The summed E-state index contributed by atoms with van der Waals surface area (Å²) in [6.07, 6.45) is 0.452. The van der Waals surface area contributed by atoms with E-state index in [9.17, 15) is 4.79 Å². The van der Waals surface area contributed by atoms with E-state index < -0.39 is 0 Å². The minimum absolute atomic E-state index is 0.153. The van der Waals surface area contributed by atoms with E-state index >= 15 is 0 Å². The molecular formula is C15H19N3O2. The highest BCUT2D eigenvalue weighted by molar-refractivity contribution is 5.69. The molecule has 5 heteroatoms. The van der Waals surface area contributed by atoms with Crippen LogP contribution < -0.4 is 4.90 Å². The summed E-state index contributed by atoms with van der Waals surface area (Å²) in [6, 6.07) is 9.80. The van der Waals surface area contributed by atoms with Gasteiger partial charge in [-0.3, -0.25) is 9.69 Å². The molecule has 1 aromatic rings. The van der Waals surface area contributed by atoms with Gasteiger partial charge in [-0.15, -0.1) is 0 Å². The van der Waals surface area contributed by atoms with Crippen LogP contribution in [-0.2, 0) is 9.53 Å². The van der Waals surface area contributed by atoms with Gasteiger partial charge >= 0.3 is 5.97 Å². The number of hydrogen-bond acceptors (Lipinski definition) is 5. The molecule has 2 rings (SSSR count). The van der Waals surface area contributed by atoms with E-state index in [-0.39, 0.29) is 5.97 Å². The van der Waals surface area contributed by atoms with E-state index in [4.69, 9.17) is 5.26 Å². The fourth-order valence-electron chi connectivity index (χ4n) is 2.33. The van der Waals surface area contributed by atoms with Gasteiger partial charge in [0.2, 0.25) is 0 Å². The zero-order valence-corrected chi connectivity index (χ0v) is 11.7. The van der Waals surface area contributed by atoms with Gasteiger partial charge in [-0.05, 0) is 24.3 Å². The van der Waals surface area contributed by atoms with E-state index in [0.29, 0.717) is 12.0 Å². The van der Waals surface area contributed by atoms with Crippen LogP contribution in [0.4, 0.5) is 5.69 Å². The van der Waals surface area contributed by atoms with Gasteiger partial charge in [-0.2, -0.15) is 5.26 Å². The number of rotatable bonds is 4. The van der Waals surface area contributed by atoms with E-state index in [1.807, 2.05) is 24.3 Å². The van der Waals surface area contributed by atoms with Gasteiger partial charge < -0.3 is 9.64 Å². The number of anilines is 1. The van der Waals surface area contributed by atoms with Crippen molar-refractivity contribution in [3.63, 3.8) is 0 Å². The SMILES string of the molecule is COC(=O)CCN1CCN(c2ccc(C#N)cc2)CC1. The van der Waals surface area contributed by atoms with Gasteiger partial charge in [0.1, 0.15) is 0 Å². The third kappa shape index (κ3) is 3.72. The number of nitriles is 1. The third-order valence-electron chi connectivity index (χ3n) is 3.59. The number of carbonyl (C=O) groups is 1. The fraction of sp³-hybridized carbons (Fsp3) is 0.467. The average molecular weight is 273 g/mol. The third-order valence-corrected chi connectivity index (χ3v) is 3.59. The molecule has 0 spiro atoms. The predicted octanol–water partition coefficient (Wildman–Crippen LogP) is 1.24. The smallest absolute Gasteiger partial charge is 0.306 e. The van der Waals surface area contributed by atoms with E-state index in [1.165, 1.54) is 7.11 Å². The van der Waals surface area contributed by atoms with Gasteiger partial charge in [0.15, 0.2) is 0 Å². The van der Waals surface area contributed by atoms with Gasteiger partial charge in [-0.25, -0.2) is 0 Å². The Kier molecular flexibility index (Phi) is 4.97. The van der Waals surface area contributed by atoms with Crippen LogP contribution in [0.1, 0.15) is 12.0 Å². The summed E-state index contributed by atoms with van der Waals surface area (Å²) in [5.74, 6) is -0.153. The Bertz CT molecular complexity index is 485. The molecule has 1 heterocycles. The van der Waals surface area contributed by atoms with Gasteiger partial charge in [0.05, 0.1) is 25.2 Å². The molecule has 0 saturated carbocycles. The molecule has 1 fully saturated rings. The first kappa shape index (κ1) is 14.4. The van der Waals surface area contributed by atoms with Crippen LogP contribution >= 0.6 is 0 Å². The molecule has 0 aliphatic carbocycles. The van der Waals surface area contributed by atoms with Crippen molar-refractivity contribution in [2.45, 2.75) is 6.42 Å². The van der Waals surface area contributed by atoms with E-state index in [1.54, 1.807) is 0 Å². The Labute approximate surface area is 119 Å². The lowest BCUT2D eigenvalue weighted by Crippen LogP contribution is -2.46. The fourth-order valence-corrected chi connectivity index (χ4v) is 2.33. The first-order valence-corrected chi connectivity index (χ1v) is 6.77. The Hall–Kier alpha value is -2.06. The van der Waals surface area contributed by atoms with Crippen LogP contribution in [-0.4, -0.2) is 50.7 Å². The number of esters is 1. The van der Waals surface area contributed by atoms with Crippen LogP contribution in [0.15, 0.2) is 24.3 Å². The molecule has 0 amide bonds. The summed E-state index contributed by atoms with van der Waals surface area (Å²) < 4.78 is 4.65. The zero-order valence-electron chi connectivity index (χ0n) is 11.7. The molecule has 0 aromatic heterocycles. The van der Waals surface area contributed by atoms with Crippen LogP contribution in [0.3, 0.4) is 0 Å². The summed E-state index contributed by atoms with van der Waals surface area (Å²) in [5, 5.41) is 8.79. The first-order valence-electron chi connectivity index (χ1n) is 6.77. The minimum atomic E-state index is -0.153. The highest BCUT2D eigenvalue weighted by atomic mass is 16.5. The molecule has 0 bridgehead atoms. The maximum atomic E-state index is 11.1. The van der Waals surface area contributed by atoms with Gasteiger partial charge in [0, 0.05) is 38.4 Å². The molecule has 1 aliphatic heterocycles. The molecular weight excluding hydrogens is 254 g/mol. The van der Waals surface area contributed by atoms with Crippen LogP contribution in [0.5, 0.6) is 0 Å². The average Bonchev–Trinajstić information content (AvgIpc) is 2.53. The van der Waals surface area contributed by atoms with Crippen LogP contribution in [0.2, 0.25) is 0 Å². The Morgan fingerprint density at radius 2 is 1.90 bits per heavy atom. The molecule has 20 heavy (non-hydrogen) atoms. The minimum Gasteiger partial charge on any atom is -0.469 e. The van der Waals surface area contributed by atoms with Crippen molar-refractivity contribution in [1.82, 2.24) is 4.90 Å². The van der Waals surface area contributed by atoms with E-state index in [2.05, 4.69) is 20.6 Å². The quantitative estimate of drug-likeness (QED) is 0.773. The maximum Gasteiger partial charge on any atom is 0.306 e. The van der Waals surface area contributed by atoms with Gasteiger partial charge in [0.25, 0.3) is 0 Å². The molecule has 0 radical (unpaired) electrons. The lowest BCUT2D eigenvalue weighted by molar-refractivity contribution is -0.141. The van der Waals surface area contributed by atoms with Crippen molar-refractivity contribution in [3.05, 3.63) is 29.8 Å². The van der Waals surface area contributed by atoms with Crippen molar-refractivity contribution in [3.8, 4) is 6.07 Å². The highest BCUT2D eigenvalue weighted by Gasteiger charge is 2.17. The Balaban J connectivity index is 1.81. The summed E-state index contributed by atoms with van der Waals surface area (Å²) in [4.78, 5) is 15.7. The number of carbonyl (C=O) groups excluding carboxylic acids is 1. The topological polar surface area (TPSA) is 56.6 Å². The molecule has 1 aromatic carbocycles. The van der Waals surface area contributed by atoms with Crippen molar-refractivity contribution in [2.75, 3.05) is 44.7 Å². The first-order chi connectivity index (χ1) is 9.72. The molecule has 0 unspecified atom stereocenters. The predicted molar refractivity (Wildman–Crippen MR) is 76.4 cm³/mol. The number of methoxy groups -OCH3 is 1. The summed E-state index contributed by atoms with van der Waals surface area (Å²) in [6.45, 7) is 4.52. The van der Waals surface area contributed by atoms with Crippen molar-refractivity contribution in [2.24, 2.45) is 0 Å². The Morgan fingerprint density at radius 3 is 2.45 bits per heavy atom. The highest BCUT2D eigenvalue weighted by Crippen LogP contribution is 2.17. The second kappa shape index (κ2) is 6.92. The van der Waals surface area contributed by atoms with Crippen molar-refractivity contribution >= 4 is 11.7 Å². The standard InChI is InChI=1S/C15H19N3O2/c1-20-15(19)6-7-17-8-10-18(11-9-17)14-4-2-13(12-16)3-5-14/h2-5H,6-11H2,1H3. The number of piperazine rings is 1. The largest absolute Gasteiger partial charge is 0.469 e. The van der Waals surface area contributed by atoms with Crippen LogP contribution in [0.25, 0.3) is 0 Å². The van der Waals surface area contributed by atoms with Gasteiger partial charge in [-0.1, -0.05) is 0 Å². The number of ether oxygens (including phenoxy) is 1. The summed E-state index contributed by atoms with van der Waals surface area (Å²) in [7, 11) is 1.42. The molecule has 0 atom stereocenters. The molecule has 1 saturated heterocycles. The van der Waals surface area contributed by atoms with E-state index in [0.717, 1.165) is 38.4 Å².